The highest BCUT2D eigenvalue weighted by Gasteiger charge is 2.52. The van der Waals surface area contributed by atoms with E-state index in [-0.39, 0.29) is 5.78 Å². The third-order valence-corrected chi connectivity index (χ3v) is 5.03. The number of benzene rings is 2. The summed E-state index contributed by atoms with van der Waals surface area (Å²) in [4.78, 5) is 44.4. The Labute approximate surface area is 166 Å². The zero-order valence-corrected chi connectivity index (χ0v) is 15.4. The van der Waals surface area contributed by atoms with Crippen molar-refractivity contribution in [2.24, 2.45) is 5.92 Å². The van der Waals surface area contributed by atoms with Crippen LogP contribution in [0.1, 0.15) is 22.0 Å². The van der Waals surface area contributed by atoms with Crippen LogP contribution in [-0.4, -0.2) is 22.5 Å². The number of nitrogens with zero attached hydrogens (tertiary/aromatic N) is 2. The zero-order chi connectivity index (χ0) is 19.7. The molecule has 0 aliphatic carbocycles. The third kappa shape index (κ3) is 3.10. The van der Waals surface area contributed by atoms with Crippen molar-refractivity contribution in [3.8, 4) is 0 Å². The van der Waals surface area contributed by atoms with Crippen LogP contribution in [0.5, 0.6) is 0 Å². The molecule has 138 valence electrons. The zero-order valence-electron chi connectivity index (χ0n) is 14.7. The summed E-state index contributed by atoms with van der Waals surface area (Å²) in [6.07, 6.45) is 3.08. The number of hydrogen-bond donors (Lipinski definition) is 0. The van der Waals surface area contributed by atoms with Gasteiger partial charge in [-0.3, -0.25) is 24.3 Å². The van der Waals surface area contributed by atoms with Gasteiger partial charge in [-0.1, -0.05) is 54.1 Å². The molecule has 1 fully saturated rings. The number of carbonyl (C=O) groups excluding carboxylic acids is 3. The van der Waals surface area contributed by atoms with Gasteiger partial charge < -0.3 is 0 Å². The summed E-state index contributed by atoms with van der Waals surface area (Å²) in [5.41, 5.74) is 1.51. The SMILES string of the molecule is O=C1C(=O)N(c2cccnc2)C(c2ccc(Cl)cc2)C1C(=O)c1ccccc1. The number of aromatic nitrogens is 1. The number of Topliss-reactive ketones (excluding diaryl/α,β-unsaturated/α-hetero) is 2. The van der Waals surface area contributed by atoms with Crippen molar-refractivity contribution in [1.82, 2.24) is 4.98 Å². The van der Waals surface area contributed by atoms with Crippen LogP contribution >= 0.6 is 11.6 Å². The van der Waals surface area contributed by atoms with Crippen molar-refractivity contribution in [2.75, 3.05) is 4.90 Å². The van der Waals surface area contributed by atoms with Crippen molar-refractivity contribution >= 4 is 34.8 Å². The molecule has 2 atom stereocenters. The van der Waals surface area contributed by atoms with E-state index in [2.05, 4.69) is 4.98 Å². The Morgan fingerprint density at radius 3 is 2.29 bits per heavy atom. The van der Waals surface area contributed by atoms with E-state index < -0.39 is 23.7 Å². The molecule has 5 nitrogen and oxygen atoms in total. The van der Waals surface area contributed by atoms with E-state index >= 15 is 0 Å². The van der Waals surface area contributed by atoms with Gasteiger partial charge in [0, 0.05) is 16.8 Å². The Bertz CT molecular complexity index is 1040. The standard InChI is InChI=1S/C22H15ClN2O3/c23-16-10-8-14(9-11-16)19-18(20(26)15-5-2-1-3-6-15)21(27)22(28)25(19)17-7-4-12-24-13-17/h1-13,18-19H. The fourth-order valence-electron chi connectivity index (χ4n) is 3.49. The molecule has 1 aromatic heterocycles. The average molecular weight is 391 g/mol. The molecule has 3 aromatic rings. The van der Waals surface area contributed by atoms with Gasteiger partial charge in [0.1, 0.15) is 5.92 Å². The van der Waals surface area contributed by atoms with Gasteiger partial charge in [-0.05, 0) is 29.8 Å². The van der Waals surface area contributed by atoms with Gasteiger partial charge in [0.2, 0.25) is 5.78 Å². The molecule has 2 aromatic carbocycles. The fourth-order valence-corrected chi connectivity index (χ4v) is 3.62. The van der Waals surface area contributed by atoms with Crippen LogP contribution in [0.4, 0.5) is 5.69 Å². The van der Waals surface area contributed by atoms with Crippen LogP contribution in [0.3, 0.4) is 0 Å². The summed E-state index contributed by atoms with van der Waals surface area (Å²) in [6.45, 7) is 0. The van der Waals surface area contributed by atoms with Crippen molar-refractivity contribution in [1.29, 1.82) is 0 Å². The smallest absolute Gasteiger partial charge is 0.295 e. The van der Waals surface area contributed by atoms with Gasteiger partial charge >= 0.3 is 0 Å². The second-order valence-electron chi connectivity index (χ2n) is 6.45. The minimum absolute atomic E-state index is 0.384. The Kier molecular flexibility index (Phi) is 4.75. The Morgan fingerprint density at radius 2 is 1.64 bits per heavy atom. The van der Waals surface area contributed by atoms with Crippen molar-refractivity contribution in [3.05, 3.63) is 95.3 Å². The number of pyridine rings is 1. The number of halogens is 1. The summed E-state index contributed by atoms with van der Waals surface area (Å²) in [5, 5.41) is 0.526. The molecule has 1 saturated heterocycles. The molecule has 0 N–H and O–H groups in total. The highest BCUT2D eigenvalue weighted by Crippen LogP contribution is 2.41. The van der Waals surface area contributed by atoms with Gasteiger partial charge in [0.15, 0.2) is 5.78 Å². The van der Waals surface area contributed by atoms with Crippen LogP contribution in [0.25, 0.3) is 0 Å². The minimum Gasteiger partial charge on any atom is -0.296 e. The number of amides is 1. The van der Waals surface area contributed by atoms with Crippen LogP contribution in [0, 0.1) is 5.92 Å². The minimum atomic E-state index is -1.14. The van der Waals surface area contributed by atoms with Crippen molar-refractivity contribution in [2.45, 2.75) is 6.04 Å². The van der Waals surface area contributed by atoms with Crippen LogP contribution in [-0.2, 0) is 9.59 Å². The topological polar surface area (TPSA) is 67.3 Å². The van der Waals surface area contributed by atoms with Crippen LogP contribution in [0.2, 0.25) is 5.02 Å². The van der Waals surface area contributed by atoms with E-state index in [0.29, 0.717) is 21.8 Å². The molecule has 1 aliphatic heterocycles. The van der Waals surface area contributed by atoms with Gasteiger partial charge in [0.25, 0.3) is 5.91 Å². The summed E-state index contributed by atoms with van der Waals surface area (Å²) < 4.78 is 0. The number of ketones is 2. The molecule has 6 heteroatoms. The van der Waals surface area contributed by atoms with E-state index in [9.17, 15) is 14.4 Å². The second-order valence-corrected chi connectivity index (χ2v) is 6.89. The van der Waals surface area contributed by atoms with E-state index in [1.165, 1.54) is 11.1 Å². The van der Waals surface area contributed by atoms with Gasteiger partial charge in [-0.2, -0.15) is 0 Å². The summed E-state index contributed by atoms with van der Waals surface area (Å²) >= 11 is 6.00. The molecule has 0 radical (unpaired) electrons. The normalized spacial score (nSPS) is 19.1. The molecular formula is C22H15ClN2O3. The molecule has 28 heavy (non-hydrogen) atoms. The highest BCUT2D eigenvalue weighted by atomic mass is 35.5. The summed E-state index contributed by atoms with van der Waals surface area (Å²) in [5.74, 6) is -2.97. The monoisotopic (exact) mass is 390 g/mol. The lowest BCUT2D eigenvalue weighted by Gasteiger charge is -2.27. The van der Waals surface area contributed by atoms with Crippen LogP contribution in [0.15, 0.2) is 79.1 Å². The van der Waals surface area contributed by atoms with Gasteiger partial charge in [0.05, 0.1) is 17.9 Å². The molecule has 1 amide bonds. The maximum absolute atomic E-state index is 13.2. The molecule has 0 bridgehead atoms. The lowest BCUT2D eigenvalue weighted by atomic mass is 9.86. The molecule has 0 saturated carbocycles. The quantitative estimate of drug-likeness (QED) is 0.385. The molecule has 0 spiro atoms. The average Bonchev–Trinajstić information content (AvgIpc) is 3.00. The predicted octanol–water partition coefficient (Wildman–Crippen LogP) is 3.89. The molecule has 2 unspecified atom stereocenters. The van der Waals surface area contributed by atoms with Gasteiger partial charge in [-0.15, -0.1) is 0 Å². The first-order valence-corrected chi connectivity index (χ1v) is 9.08. The lowest BCUT2D eigenvalue weighted by Crippen LogP contribution is -2.30. The van der Waals surface area contributed by atoms with E-state index in [1.54, 1.807) is 72.9 Å². The second kappa shape index (κ2) is 7.37. The molecule has 1 aliphatic rings. The molecular weight excluding hydrogens is 376 g/mol. The fraction of sp³-hybridized carbons (Fsp3) is 0.0909. The third-order valence-electron chi connectivity index (χ3n) is 4.78. The Morgan fingerprint density at radius 1 is 0.929 bits per heavy atom. The maximum Gasteiger partial charge on any atom is 0.295 e. The predicted molar refractivity (Wildman–Crippen MR) is 105 cm³/mol. The van der Waals surface area contributed by atoms with Crippen LogP contribution < -0.4 is 4.90 Å². The first-order chi connectivity index (χ1) is 13.6. The first kappa shape index (κ1) is 18.1. The number of anilines is 1. The van der Waals surface area contributed by atoms with E-state index in [4.69, 9.17) is 11.6 Å². The Balaban J connectivity index is 1.86. The number of rotatable bonds is 4. The van der Waals surface area contributed by atoms with E-state index in [1.807, 2.05) is 0 Å². The highest BCUT2D eigenvalue weighted by molar-refractivity contribution is 6.49. The van der Waals surface area contributed by atoms with Crippen molar-refractivity contribution in [3.63, 3.8) is 0 Å². The van der Waals surface area contributed by atoms with Gasteiger partial charge in [-0.25, -0.2) is 0 Å². The lowest BCUT2D eigenvalue weighted by molar-refractivity contribution is -0.135. The largest absolute Gasteiger partial charge is 0.296 e. The maximum atomic E-state index is 13.2. The number of carbonyl (C=O) groups is 3. The molecule has 2 heterocycles. The summed E-state index contributed by atoms with van der Waals surface area (Å²) in [6, 6.07) is 17.9. The Hall–Kier alpha value is -3.31. The van der Waals surface area contributed by atoms with E-state index in [0.717, 1.165) is 0 Å². The summed E-state index contributed by atoms with van der Waals surface area (Å²) in [7, 11) is 0. The first-order valence-electron chi connectivity index (χ1n) is 8.70. The molecule has 4 rings (SSSR count). The number of hydrogen-bond acceptors (Lipinski definition) is 4. The van der Waals surface area contributed by atoms with Crippen molar-refractivity contribution < 1.29 is 14.4 Å².